The fourth-order valence-corrected chi connectivity index (χ4v) is 6.55. The van der Waals surface area contributed by atoms with Crippen LogP contribution in [0.1, 0.15) is 57.4 Å². The maximum absolute atomic E-state index is 12.7. The molecule has 0 atom stereocenters. The number of hydrogen-bond acceptors (Lipinski definition) is 4. The molecule has 4 fully saturated rings. The van der Waals surface area contributed by atoms with Crippen LogP contribution in [-0.4, -0.2) is 36.2 Å². The van der Waals surface area contributed by atoms with Crippen molar-refractivity contribution in [2.24, 2.45) is 22.9 Å². The fourth-order valence-electron chi connectivity index (χ4n) is 6.55. The fraction of sp³-hybridized carbons (Fsp3) is 0.609. The molecule has 6 heteroatoms. The predicted molar refractivity (Wildman–Crippen MR) is 111 cm³/mol. The highest BCUT2D eigenvalue weighted by Gasteiger charge is 2.51. The molecule has 6 nitrogen and oxygen atoms in total. The second-order valence-corrected chi connectivity index (χ2v) is 9.43. The Morgan fingerprint density at radius 2 is 1.83 bits per heavy atom. The maximum atomic E-state index is 12.7. The van der Waals surface area contributed by atoms with E-state index in [1.807, 2.05) is 31.2 Å². The van der Waals surface area contributed by atoms with Crippen LogP contribution >= 0.6 is 0 Å². The number of benzene rings is 1. The lowest BCUT2D eigenvalue weighted by Gasteiger charge is -2.56. The number of hydrogen-bond donors (Lipinski definition) is 1. The summed E-state index contributed by atoms with van der Waals surface area (Å²) < 4.78 is 0. The van der Waals surface area contributed by atoms with E-state index in [0.717, 1.165) is 54.7 Å². The third-order valence-electron chi connectivity index (χ3n) is 7.14. The number of nitrogens with one attached hydrogen (secondary N) is 1. The average molecular weight is 396 g/mol. The maximum Gasteiger partial charge on any atom is 0.281 e. The molecule has 0 saturated heterocycles. The molecule has 1 aromatic rings. The summed E-state index contributed by atoms with van der Waals surface area (Å²) in [6, 6.07) is 7.60. The molecule has 0 aromatic heterocycles. The Morgan fingerprint density at radius 3 is 2.48 bits per heavy atom. The molecule has 1 aromatic carbocycles. The standard InChI is InChI=1S/C23H29N3O3/c1-2-7-26-19-6-4-3-5-18(19)21(22(26)28)25-29-14-20(27)24-23-11-15-8-16(12-23)10-17(9-15)13-23/h3-6,15-17H,2,7-14H2,1H3,(H,24,27)/b25-21+. The number of para-hydroxylation sites is 1. The van der Waals surface area contributed by atoms with Gasteiger partial charge >= 0.3 is 0 Å². The summed E-state index contributed by atoms with van der Waals surface area (Å²) in [7, 11) is 0. The largest absolute Gasteiger partial charge is 0.385 e. The zero-order valence-electron chi connectivity index (χ0n) is 17.0. The molecule has 0 radical (unpaired) electrons. The Kier molecular flexibility index (Phi) is 4.60. The number of anilines is 1. The van der Waals surface area contributed by atoms with Gasteiger partial charge in [-0.15, -0.1) is 0 Å². The van der Waals surface area contributed by atoms with Crippen molar-refractivity contribution in [3.63, 3.8) is 0 Å². The summed E-state index contributed by atoms with van der Waals surface area (Å²) in [6.07, 6.45) is 8.21. The number of amides is 2. The SMILES string of the molecule is CCCN1C(=O)/C(=N/OCC(=O)NC23CC4CC(CC(C4)C2)C3)c2ccccc21. The second-order valence-electron chi connectivity index (χ2n) is 9.43. The minimum absolute atomic E-state index is 0.0317. The monoisotopic (exact) mass is 395 g/mol. The molecule has 4 bridgehead atoms. The number of oxime groups is 1. The van der Waals surface area contributed by atoms with Crippen molar-refractivity contribution in [2.45, 2.75) is 57.4 Å². The van der Waals surface area contributed by atoms with Gasteiger partial charge in [-0.1, -0.05) is 30.3 Å². The Balaban J connectivity index is 1.23. The van der Waals surface area contributed by atoms with Crippen LogP contribution in [0, 0.1) is 17.8 Å². The van der Waals surface area contributed by atoms with E-state index in [2.05, 4.69) is 10.5 Å². The van der Waals surface area contributed by atoms with Crippen LogP contribution in [0.15, 0.2) is 29.4 Å². The highest BCUT2D eigenvalue weighted by atomic mass is 16.6. The Labute approximate surface area is 171 Å². The van der Waals surface area contributed by atoms with Crippen molar-refractivity contribution in [2.75, 3.05) is 18.1 Å². The molecule has 6 rings (SSSR count). The molecule has 0 spiro atoms. The van der Waals surface area contributed by atoms with Gasteiger partial charge in [-0.05, 0) is 68.8 Å². The van der Waals surface area contributed by atoms with Crippen LogP contribution in [0.25, 0.3) is 0 Å². The van der Waals surface area contributed by atoms with Gasteiger partial charge < -0.3 is 15.1 Å². The van der Waals surface area contributed by atoms with Crippen molar-refractivity contribution in [1.82, 2.24) is 5.32 Å². The van der Waals surface area contributed by atoms with E-state index in [9.17, 15) is 9.59 Å². The van der Waals surface area contributed by atoms with E-state index in [4.69, 9.17) is 4.84 Å². The normalized spacial score (nSPS) is 33.3. The molecule has 29 heavy (non-hydrogen) atoms. The molecule has 154 valence electrons. The lowest BCUT2D eigenvalue weighted by molar-refractivity contribution is -0.131. The zero-order valence-corrected chi connectivity index (χ0v) is 17.0. The van der Waals surface area contributed by atoms with E-state index in [1.165, 1.54) is 19.3 Å². The minimum atomic E-state index is -0.158. The molecule has 4 aliphatic carbocycles. The van der Waals surface area contributed by atoms with E-state index >= 15 is 0 Å². The van der Waals surface area contributed by atoms with Gasteiger partial charge in [0, 0.05) is 17.6 Å². The van der Waals surface area contributed by atoms with Gasteiger partial charge in [0.25, 0.3) is 11.8 Å². The summed E-state index contributed by atoms with van der Waals surface area (Å²) in [6.45, 7) is 2.53. The van der Waals surface area contributed by atoms with Gasteiger partial charge in [0.2, 0.25) is 0 Å². The van der Waals surface area contributed by atoms with Crippen molar-refractivity contribution in [3.8, 4) is 0 Å². The molecule has 1 N–H and O–H groups in total. The number of fused-ring (bicyclic) bond motifs is 1. The van der Waals surface area contributed by atoms with Crippen LogP contribution in [-0.2, 0) is 14.4 Å². The summed E-state index contributed by atoms with van der Waals surface area (Å²) in [5, 5.41) is 7.36. The van der Waals surface area contributed by atoms with Gasteiger partial charge in [0.1, 0.15) is 0 Å². The quantitative estimate of drug-likeness (QED) is 0.752. The van der Waals surface area contributed by atoms with Crippen LogP contribution in [0.3, 0.4) is 0 Å². The first-order chi connectivity index (χ1) is 14.1. The van der Waals surface area contributed by atoms with E-state index < -0.39 is 0 Å². The second kappa shape index (κ2) is 7.15. The van der Waals surface area contributed by atoms with Gasteiger partial charge in [-0.3, -0.25) is 9.59 Å². The molecule has 4 saturated carbocycles. The number of carbonyl (C=O) groups is 2. The van der Waals surface area contributed by atoms with Crippen molar-refractivity contribution in [1.29, 1.82) is 0 Å². The lowest BCUT2D eigenvalue weighted by Crippen LogP contribution is -2.60. The predicted octanol–water partition coefficient (Wildman–Crippen LogP) is 3.25. The van der Waals surface area contributed by atoms with Crippen molar-refractivity contribution < 1.29 is 14.4 Å². The Bertz CT molecular complexity index is 827. The Morgan fingerprint density at radius 1 is 1.17 bits per heavy atom. The highest BCUT2D eigenvalue weighted by molar-refractivity contribution is 6.54. The van der Waals surface area contributed by atoms with Gasteiger partial charge in [0.15, 0.2) is 12.3 Å². The molecular formula is C23H29N3O3. The first-order valence-electron chi connectivity index (χ1n) is 11.0. The molecule has 1 heterocycles. The van der Waals surface area contributed by atoms with Gasteiger partial charge in [-0.25, -0.2) is 0 Å². The minimum Gasteiger partial charge on any atom is -0.385 e. The van der Waals surface area contributed by atoms with Crippen molar-refractivity contribution in [3.05, 3.63) is 29.8 Å². The lowest BCUT2D eigenvalue weighted by atomic mass is 9.53. The number of carbonyl (C=O) groups excluding carboxylic acids is 2. The molecule has 2 amide bonds. The summed E-state index contributed by atoms with van der Waals surface area (Å²) in [5.74, 6) is 2.05. The number of nitrogens with zero attached hydrogens (tertiary/aromatic N) is 2. The van der Waals surface area contributed by atoms with E-state index in [-0.39, 0.29) is 29.7 Å². The van der Waals surface area contributed by atoms with Crippen LogP contribution in [0.4, 0.5) is 5.69 Å². The third-order valence-corrected chi connectivity index (χ3v) is 7.14. The topological polar surface area (TPSA) is 71.0 Å². The van der Waals surface area contributed by atoms with E-state index in [1.54, 1.807) is 4.90 Å². The summed E-state index contributed by atoms with van der Waals surface area (Å²) in [5.41, 5.74) is 1.89. The summed E-state index contributed by atoms with van der Waals surface area (Å²) >= 11 is 0. The molecular weight excluding hydrogens is 366 g/mol. The van der Waals surface area contributed by atoms with Crippen LogP contribution in [0.2, 0.25) is 0 Å². The summed E-state index contributed by atoms with van der Waals surface area (Å²) in [4.78, 5) is 32.4. The first kappa shape index (κ1) is 18.6. The number of rotatable bonds is 6. The first-order valence-corrected chi connectivity index (χ1v) is 11.0. The zero-order chi connectivity index (χ0) is 20.0. The molecule has 1 aliphatic heterocycles. The van der Waals surface area contributed by atoms with Crippen LogP contribution < -0.4 is 10.2 Å². The molecule has 5 aliphatic rings. The highest BCUT2D eigenvalue weighted by Crippen LogP contribution is 2.55. The van der Waals surface area contributed by atoms with E-state index in [0.29, 0.717) is 6.54 Å². The average Bonchev–Trinajstić information content (AvgIpc) is 2.93. The molecule has 0 unspecified atom stereocenters. The smallest absolute Gasteiger partial charge is 0.281 e. The van der Waals surface area contributed by atoms with Crippen molar-refractivity contribution >= 4 is 23.2 Å². The van der Waals surface area contributed by atoms with Gasteiger partial charge in [0.05, 0.1) is 5.69 Å². The van der Waals surface area contributed by atoms with Gasteiger partial charge in [-0.2, -0.15) is 0 Å². The Hall–Kier alpha value is -2.37. The van der Waals surface area contributed by atoms with Crippen LogP contribution in [0.5, 0.6) is 0 Å². The third kappa shape index (κ3) is 3.32.